The molecular formula is C26H25N3O3. The molecule has 0 saturated heterocycles. The Morgan fingerprint density at radius 3 is 2.50 bits per heavy atom. The first-order chi connectivity index (χ1) is 15.3. The van der Waals surface area contributed by atoms with E-state index in [2.05, 4.69) is 29.5 Å². The number of rotatable bonds is 5. The minimum atomic E-state index is -0.280. The normalized spacial score (nSPS) is 15.4. The molecule has 2 aromatic carbocycles. The van der Waals surface area contributed by atoms with Gasteiger partial charge in [0.15, 0.2) is 5.78 Å². The monoisotopic (exact) mass is 427 g/mol. The summed E-state index contributed by atoms with van der Waals surface area (Å²) in [5.74, 6) is 0.794. The number of aromatic nitrogens is 1. The maximum absolute atomic E-state index is 13.0. The van der Waals surface area contributed by atoms with E-state index in [1.807, 2.05) is 18.2 Å². The number of carbonyl (C=O) groups excluding carboxylic acids is 2. The number of ether oxygens (including phenoxy) is 1. The maximum Gasteiger partial charge on any atom is 0.256 e. The van der Waals surface area contributed by atoms with E-state index in [0.29, 0.717) is 16.9 Å². The van der Waals surface area contributed by atoms with Crippen molar-refractivity contribution >= 4 is 23.2 Å². The number of amides is 1. The van der Waals surface area contributed by atoms with Crippen LogP contribution in [0.3, 0.4) is 0 Å². The van der Waals surface area contributed by atoms with E-state index in [0.717, 1.165) is 29.0 Å². The molecule has 1 aliphatic rings. The highest BCUT2D eigenvalue weighted by Gasteiger charge is 2.28. The summed E-state index contributed by atoms with van der Waals surface area (Å²) in [7, 11) is 1.63. The second kappa shape index (κ2) is 8.67. The van der Waals surface area contributed by atoms with E-state index in [4.69, 9.17) is 4.74 Å². The predicted octanol–water partition coefficient (Wildman–Crippen LogP) is 4.49. The van der Waals surface area contributed by atoms with Gasteiger partial charge in [-0.15, -0.1) is 0 Å². The Kier molecular flexibility index (Phi) is 5.77. The maximum atomic E-state index is 13.0. The summed E-state index contributed by atoms with van der Waals surface area (Å²) in [5, 5.41) is 6.21. The minimum Gasteiger partial charge on any atom is -0.497 e. The molecular weight excluding hydrogens is 402 g/mol. The summed E-state index contributed by atoms with van der Waals surface area (Å²) in [5.41, 5.74) is 3.66. The molecule has 6 heteroatoms. The van der Waals surface area contributed by atoms with Gasteiger partial charge in [-0.05, 0) is 62.2 Å². The molecule has 2 heterocycles. The van der Waals surface area contributed by atoms with Crippen molar-refractivity contribution in [2.75, 3.05) is 12.4 Å². The molecule has 0 fully saturated rings. The number of benzene rings is 2. The molecule has 0 aliphatic carbocycles. The Balaban J connectivity index is 1.56. The number of pyridine rings is 1. The number of hydrogen-bond donors (Lipinski definition) is 2. The average Bonchev–Trinajstić information content (AvgIpc) is 2.79. The molecule has 0 unspecified atom stereocenters. The summed E-state index contributed by atoms with van der Waals surface area (Å²) in [6.07, 6.45) is 4.07. The molecule has 0 radical (unpaired) electrons. The summed E-state index contributed by atoms with van der Waals surface area (Å²) < 4.78 is 5.37. The quantitative estimate of drug-likeness (QED) is 0.463. The van der Waals surface area contributed by atoms with Crippen LogP contribution in [0, 0.1) is 0 Å². The van der Waals surface area contributed by atoms with E-state index in [-0.39, 0.29) is 17.2 Å². The molecule has 6 nitrogen and oxygen atoms in total. The number of fused-ring (bicyclic) bond motifs is 1. The van der Waals surface area contributed by atoms with Crippen molar-refractivity contribution in [2.24, 2.45) is 0 Å². The number of ketones is 1. The summed E-state index contributed by atoms with van der Waals surface area (Å²) >= 11 is 0. The van der Waals surface area contributed by atoms with E-state index >= 15 is 0 Å². The molecule has 4 rings (SSSR count). The third-order valence-electron chi connectivity index (χ3n) is 5.33. The first-order valence-electron chi connectivity index (χ1n) is 10.4. The Bertz CT molecular complexity index is 1180. The number of hydrogen-bond acceptors (Lipinski definition) is 5. The molecule has 0 saturated carbocycles. The second-order valence-corrected chi connectivity index (χ2v) is 8.38. The summed E-state index contributed by atoms with van der Waals surface area (Å²) in [4.78, 5) is 29.5. The van der Waals surface area contributed by atoms with Crippen molar-refractivity contribution in [3.05, 3.63) is 95.2 Å². The second-order valence-electron chi connectivity index (χ2n) is 8.38. The topological polar surface area (TPSA) is 80.3 Å². The van der Waals surface area contributed by atoms with Gasteiger partial charge < -0.3 is 15.4 Å². The van der Waals surface area contributed by atoms with Crippen molar-refractivity contribution < 1.29 is 14.3 Å². The van der Waals surface area contributed by atoms with E-state index in [1.165, 1.54) is 0 Å². The fourth-order valence-electron chi connectivity index (χ4n) is 3.78. The molecule has 0 spiro atoms. The average molecular weight is 428 g/mol. The van der Waals surface area contributed by atoms with Crippen LogP contribution in [-0.2, 0) is 6.42 Å². The number of nitrogens with zero attached hydrogens (tertiary/aromatic N) is 1. The van der Waals surface area contributed by atoms with Crippen LogP contribution in [0.25, 0.3) is 5.70 Å². The van der Waals surface area contributed by atoms with Crippen LogP contribution in [0.4, 0.5) is 5.82 Å². The van der Waals surface area contributed by atoms with Crippen LogP contribution < -0.4 is 15.4 Å². The molecule has 1 aromatic heterocycles. The number of carbonyl (C=O) groups is 2. The van der Waals surface area contributed by atoms with Gasteiger partial charge in [-0.3, -0.25) is 9.59 Å². The molecule has 3 aromatic rings. The Morgan fingerprint density at radius 1 is 1.06 bits per heavy atom. The van der Waals surface area contributed by atoms with Gasteiger partial charge in [-0.1, -0.05) is 24.3 Å². The van der Waals surface area contributed by atoms with Crippen molar-refractivity contribution in [1.29, 1.82) is 0 Å². The fraction of sp³-hybridized carbons (Fsp3) is 0.192. The first-order valence-corrected chi connectivity index (χ1v) is 10.4. The third kappa shape index (κ3) is 4.70. The molecule has 0 atom stereocenters. The smallest absolute Gasteiger partial charge is 0.256 e. The van der Waals surface area contributed by atoms with Crippen molar-refractivity contribution in [3.63, 3.8) is 0 Å². The van der Waals surface area contributed by atoms with Crippen LogP contribution in [0.15, 0.2) is 72.9 Å². The highest BCUT2D eigenvalue weighted by molar-refractivity contribution is 6.10. The van der Waals surface area contributed by atoms with Gasteiger partial charge in [-0.2, -0.15) is 0 Å². The Morgan fingerprint density at radius 2 is 1.81 bits per heavy atom. The predicted molar refractivity (Wildman–Crippen MR) is 125 cm³/mol. The van der Waals surface area contributed by atoms with Gasteiger partial charge in [0.05, 0.1) is 7.11 Å². The zero-order chi connectivity index (χ0) is 22.7. The third-order valence-corrected chi connectivity index (χ3v) is 5.33. The number of nitrogens with one attached hydrogen (secondary N) is 2. The Labute approximate surface area is 187 Å². The van der Waals surface area contributed by atoms with Crippen LogP contribution in [0.1, 0.15) is 45.7 Å². The van der Waals surface area contributed by atoms with Crippen molar-refractivity contribution in [2.45, 2.75) is 25.8 Å². The lowest BCUT2D eigenvalue weighted by molar-refractivity contribution is 0.102. The first kappa shape index (κ1) is 21.3. The molecule has 2 N–H and O–H groups in total. The summed E-state index contributed by atoms with van der Waals surface area (Å²) in [6, 6.07) is 17.8. The molecule has 162 valence electrons. The lowest BCUT2D eigenvalue weighted by Gasteiger charge is -2.35. The zero-order valence-electron chi connectivity index (χ0n) is 18.3. The molecule has 1 amide bonds. The van der Waals surface area contributed by atoms with Gasteiger partial charge in [0.25, 0.3) is 5.91 Å². The Hall–Kier alpha value is -3.93. The van der Waals surface area contributed by atoms with E-state index in [1.54, 1.807) is 61.8 Å². The highest BCUT2D eigenvalue weighted by atomic mass is 16.5. The van der Waals surface area contributed by atoms with Gasteiger partial charge in [0, 0.05) is 40.2 Å². The fourth-order valence-corrected chi connectivity index (χ4v) is 3.78. The molecule has 1 aliphatic heterocycles. The number of methoxy groups -OCH3 is 1. The highest BCUT2D eigenvalue weighted by Crippen LogP contribution is 2.32. The van der Waals surface area contributed by atoms with Crippen molar-refractivity contribution in [3.8, 4) is 5.75 Å². The van der Waals surface area contributed by atoms with Crippen molar-refractivity contribution in [1.82, 2.24) is 10.3 Å². The van der Waals surface area contributed by atoms with E-state index < -0.39 is 0 Å². The van der Waals surface area contributed by atoms with Gasteiger partial charge >= 0.3 is 0 Å². The number of allylic oxidation sites excluding steroid dienone is 1. The van der Waals surface area contributed by atoms with Crippen LogP contribution in [0.5, 0.6) is 5.75 Å². The largest absolute Gasteiger partial charge is 0.497 e. The molecule has 0 bridgehead atoms. The lowest BCUT2D eigenvalue weighted by atomic mass is 9.85. The summed E-state index contributed by atoms with van der Waals surface area (Å²) in [6.45, 7) is 4.21. The lowest BCUT2D eigenvalue weighted by Crippen LogP contribution is -2.43. The number of anilines is 1. The van der Waals surface area contributed by atoms with Gasteiger partial charge in [-0.25, -0.2) is 4.98 Å². The SMILES string of the molecule is COc1ccc2c(c1)/C(=C/C(=O)c1ccc(C(=O)Nc3ccccn3)cc1)NC(C)(C)C2. The van der Waals surface area contributed by atoms with Crippen LogP contribution >= 0.6 is 0 Å². The standard InChI is InChI=1S/C26H25N3O3/c1-26(2)16-19-11-12-20(32-3)14-21(19)22(29-26)15-23(30)17-7-9-18(10-8-17)25(31)28-24-6-4-5-13-27-24/h4-15,29H,16H2,1-3H3,(H,27,28,31)/b22-15-. The van der Waals surface area contributed by atoms with Gasteiger partial charge in [0.2, 0.25) is 0 Å². The minimum absolute atomic E-state index is 0.143. The van der Waals surface area contributed by atoms with Gasteiger partial charge in [0.1, 0.15) is 11.6 Å². The van der Waals surface area contributed by atoms with E-state index in [9.17, 15) is 9.59 Å². The zero-order valence-corrected chi connectivity index (χ0v) is 18.3. The van der Waals surface area contributed by atoms with Crippen LogP contribution in [-0.4, -0.2) is 29.3 Å². The van der Waals surface area contributed by atoms with Crippen LogP contribution in [0.2, 0.25) is 0 Å². The molecule has 32 heavy (non-hydrogen) atoms.